The van der Waals surface area contributed by atoms with Gasteiger partial charge in [0.25, 0.3) is 0 Å². The van der Waals surface area contributed by atoms with Crippen LogP contribution in [0.25, 0.3) is 0 Å². The van der Waals surface area contributed by atoms with Crippen molar-refractivity contribution in [1.82, 2.24) is 15.6 Å². The second-order valence-corrected chi connectivity index (χ2v) is 7.27. The van der Waals surface area contributed by atoms with Gasteiger partial charge in [-0.1, -0.05) is 0 Å². The summed E-state index contributed by atoms with van der Waals surface area (Å²) in [6.45, 7) is 6.68. The van der Waals surface area contributed by atoms with Gasteiger partial charge in [0.2, 0.25) is 0 Å². The molecule has 2 aromatic rings. The van der Waals surface area contributed by atoms with Gasteiger partial charge in [-0.2, -0.15) is 0 Å². The van der Waals surface area contributed by atoms with Crippen molar-refractivity contribution in [2.24, 2.45) is 4.99 Å². The van der Waals surface area contributed by atoms with Crippen molar-refractivity contribution in [2.75, 3.05) is 26.4 Å². The molecule has 0 fully saturated rings. The molecule has 0 amide bonds. The van der Waals surface area contributed by atoms with Gasteiger partial charge in [0, 0.05) is 37.0 Å². The molecule has 0 atom stereocenters. The molecule has 0 bridgehead atoms. The number of aliphatic imine (C=N–C) groups is 1. The van der Waals surface area contributed by atoms with Crippen LogP contribution < -0.4 is 15.4 Å². The molecular weight excluding hydrogens is 494 g/mol. The standard InChI is InChI=1S/C19H25FN4O2S.HI/c1-3-21-19(23-7-5-17-11-27-13(2)24-17)22-6-4-14-8-16(20)9-15-10-25-12-26-18(14)15;/h8-9,11H,3-7,10,12H2,1-2H3,(H2,21,22,23);1H. The fraction of sp³-hybridized carbons (Fsp3) is 0.474. The first-order valence-electron chi connectivity index (χ1n) is 9.10. The predicted octanol–water partition coefficient (Wildman–Crippen LogP) is 3.42. The van der Waals surface area contributed by atoms with Crippen molar-refractivity contribution in [3.63, 3.8) is 0 Å². The number of nitrogens with one attached hydrogen (secondary N) is 2. The van der Waals surface area contributed by atoms with Gasteiger partial charge in [0.15, 0.2) is 12.8 Å². The van der Waals surface area contributed by atoms with Crippen molar-refractivity contribution in [3.8, 4) is 5.75 Å². The Kier molecular flexibility index (Phi) is 9.39. The Hall–Kier alpha value is -1.46. The zero-order chi connectivity index (χ0) is 19.1. The molecule has 0 aliphatic carbocycles. The lowest BCUT2D eigenvalue weighted by atomic mass is 10.1. The molecule has 154 valence electrons. The number of thiazole rings is 1. The van der Waals surface area contributed by atoms with Crippen LogP contribution in [0.4, 0.5) is 4.39 Å². The van der Waals surface area contributed by atoms with Crippen LogP contribution in [0.3, 0.4) is 0 Å². The molecule has 2 heterocycles. The number of guanidine groups is 1. The molecule has 0 spiro atoms. The van der Waals surface area contributed by atoms with Crippen LogP contribution in [-0.4, -0.2) is 37.4 Å². The molecule has 1 aliphatic heterocycles. The van der Waals surface area contributed by atoms with Gasteiger partial charge in [0.1, 0.15) is 11.6 Å². The summed E-state index contributed by atoms with van der Waals surface area (Å²) in [6.07, 6.45) is 1.45. The van der Waals surface area contributed by atoms with Crippen molar-refractivity contribution in [1.29, 1.82) is 0 Å². The van der Waals surface area contributed by atoms with E-state index in [2.05, 4.69) is 26.0 Å². The molecule has 9 heteroatoms. The van der Waals surface area contributed by atoms with E-state index in [1.807, 2.05) is 13.8 Å². The number of fused-ring (bicyclic) bond motifs is 1. The maximum Gasteiger partial charge on any atom is 0.191 e. The summed E-state index contributed by atoms with van der Waals surface area (Å²) in [5, 5.41) is 9.67. The summed E-state index contributed by atoms with van der Waals surface area (Å²) in [7, 11) is 0. The summed E-state index contributed by atoms with van der Waals surface area (Å²) >= 11 is 1.66. The molecule has 3 rings (SSSR count). The van der Waals surface area contributed by atoms with Gasteiger partial charge >= 0.3 is 0 Å². The van der Waals surface area contributed by atoms with Crippen LogP contribution in [0.15, 0.2) is 22.5 Å². The zero-order valence-corrected chi connectivity index (χ0v) is 19.2. The third kappa shape index (κ3) is 6.56. The summed E-state index contributed by atoms with van der Waals surface area (Å²) in [4.78, 5) is 9.04. The summed E-state index contributed by atoms with van der Waals surface area (Å²) < 4.78 is 24.6. The molecule has 6 nitrogen and oxygen atoms in total. The molecule has 1 aromatic carbocycles. The van der Waals surface area contributed by atoms with Gasteiger partial charge in [-0.3, -0.25) is 4.99 Å². The fourth-order valence-corrected chi connectivity index (χ4v) is 3.55. The normalized spacial score (nSPS) is 13.3. The molecule has 0 saturated carbocycles. The average Bonchev–Trinajstić information content (AvgIpc) is 3.06. The maximum absolute atomic E-state index is 13.8. The molecule has 28 heavy (non-hydrogen) atoms. The van der Waals surface area contributed by atoms with Gasteiger partial charge in [-0.25, -0.2) is 9.37 Å². The molecular formula is C19H26FIN4O2S. The van der Waals surface area contributed by atoms with Gasteiger partial charge in [-0.05, 0) is 38.0 Å². The Balaban J connectivity index is 0.00000280. The van der Waals surface area contributed by atoms with E-state index >= 15 is 0 Å². The summed E-state index contributed by atoms with van der Waals surface area (Å²) in [6, 6.07) is 3.00. The van der Waals surface area contributed by atoms with Gasteiger partial charge in [-0.15, -0.1) is 35.3 Å². The van der Waals surface area contributed by atoms with Crippen LogP contribution in [0.1, 0.15) is 28.8 Å². The quantitative estimate of drug-likeness (QED) is 0.333. The molecule has 2 N–H and O–H groups in total. The van der Waals surface area contributed by atoms with E-state index in [0.717, 1.165) is 46.5 Å². The highest BCUT2D eigenvalue weighted by atomic mass is 127. The highest BCUT2D eigenvalue weighted by Gasteiger charge is 2.16. The highest BCUT2D eigenvalue weighted by Crippen LogP contribution is 2.29. The van der Waals surface area contributed by atoms with Gasteiger partial charge < -0.3 is 20.1 Å². The Morgan fingerprint density at radius 1 is 1.32 bits per heavy atom. The van der Waals surface area contributed by atoms with Crippen LogP contribution in [-0.2, 0) is 24.2 Å². The summed E-state index contributed by atoms with van der Waals surface area (Å²) in [5.41, 5.74) is 2.67. The Morgan fingerprint density at radius 2 is 2.18 bits per heavy atom. The van der Waals surface area contributed by atoms with Gasteiger partial charge in [0.05, 0.1) is 17.3 Å². The lowest BCUT2D eigenvalue weighted by Gasteiger charge is -2.21. The average molecular weight is 520 g/mol. The Bertz CT molecular complexity index is 800. The van der Waals surface area contributed by atoms with E-state index in [1.54, 1.807) is 11.3 Å². The third-order valence-electron chi connectivity index (χ3n) is 4.09. The monoisotopic (exact) mass is 520 g/mol. The molecule has 0 unspecified atom stereocenters. The summed E-state index contributed by atoms with van der Waals surface area (Å²) in [5.74, 6) is 1.22. The molecule has 0 saturated heterocycles. The second kappa shape index (κ2) is 11.5. The van der Waals surface area contributed by atoms with E-state index in [-0.39, 0.29) is 36.6 Å². The zero-order valence-electron chi connectivity index (χ0n) is 16.1. The number of aryl methyl sites for hydroxylation is 1. The molecule has 1 aromatic heterocycles. The second-order valence-electron chi connectivity index (χ2n) is 6.21. The largest absolute Gasteiger partial charge is 0.467 e. The number of hydrogen-bond donors (Lipinski definition) is 2. The SMILES string of the molecule is CCNC(=NCCc1csc(C)n1)NCCc1cc(F)cc2c1OCOC2.I. The lowest BCUT2D eigenvalue weighted by molar-refractivity contribution is -0.0172. The van der Waals surface area contributed by atoms with Crippen molar-refractivity contribution in [3.05, 3.63) is 45.2 Å². The number of rotatable bonds is 7. The van der Waals surface area contributed by atoms with Crippen LogP contribution in [0.2, 0.25) is 0 Å². The lowest BCUT2D eigenvalue weighted by Crippen LogP contribution is -2.38. The van der Waals surface area contributed by atoms with E-state index in [1.165, 1.54) is 12.1 Å². The topological polar surface area (TPSA) is 67.8 Å². The minimum atomic E-state index is -0.267. The number of nitrogens with zero attached hydrogens (tertiary/aromatic N) is 2. The number of benzene rings is 1. The minimum Gasteiger partial charge on any atom is -0.467 e. The van der Waals surface area contributed by atoms with E-state index in [9.17, 15) is 4.39 Å². The molecule has 0 radical (unpaired) electrons. The van der Waals surface area contributed by atoms with Crippen molar-refractivity contribution >= 4 is 41.3 Å². The first-order valence-corrected chi connectivity index (χ1v) is 9.98. The van der Waals surface area contributed by atoms with E-state index in [0.29, 0.717) is 26.1 Å². The molecule has 1 aliphatic rings. The minimum absolute atomic E-state index is 0. The number of halogens is 2. The van der Waals surface area contributed by atoms with Crippen LogP contribution in [0, 0.1) is 12.7 Å². The maximum atomic E-state index is 13.8. The Labute approximate surface area is 186 Å². The smallest absolute Gasteiger partial charge is 0.191 e. The number of aromatic nitrogens is 1. The van der Waals surface area contributed by atoms with E-state index in [4.69, 9.17) is 9.47 Å². The first kappa shape index (κ1) is 22.8. The van der Waals surface area contributed by atoms with Crippen LogP contribution in [0.5, 0.6) is 5.75 Å². The predicted molar refractivity (Wildman–Crippen MR) is 120 cm³/mol. The highest BCUT2D eigenvalue weighted by molar-refractivity contribution is 14.0. The number of hydrogen-bond acceptors (Lipinski definition) is 5. The Morgan fingerprint density at radius 3 is 2.93 bits per heavy atom. The van der Waals surface area contributed by atoms with Crippen molar-refractivity contribution in [2.45, 2.75) is 33.3 Å². The third-order valence-corrected chi connectivity index (χ3v) is 4.91. The van der Waals surface area contributed by atoms with Crippen LogP contribution >= 0.6 is 35.3 Å². The number of ether oxygens (including phenoxy) is 2. The van der Waals surface area contributed by atoms with E-state index < -0.39 is 0 Å². The fourth-order valence-electron chi connectivity index (χ4n) is 2.91. The first-order chi connectivity index (χ1) is 13.2. The van der Waals surface area contributed by atoms with Crippen molar-refractivity contribution < 1.29 is 13.9 Å².